The van der Waals surface area contributed by atoms with Crippen LogP contribution in [0.15, 0.2) is 71.8 Å². The normalized spacial score (nSPS) is 11.3. The van der Waals surface area contributed by atoms with E-state index >= 15 is 0 Å². The Morgan fingerprint density at radius 1 is 1.06 bits per heavy atom. The molecule has 10 heteroatoms. The number of hydrazone groups is 1. The Bertz CT molecular complexity index is 1290. The lowest BCUT2D eigenvalue weighted by molar-refractivity contribution is 0.0955. The van der Waals surface area contributed by atoms with Crippen molar-refractivity contribution in [3.8, 4) is 11.5 Å². The molecule has 0 radical (unpaired) electrons. The number of rotatable bonds is 9. The topological polar surface area (TPSA) is 97.3 Å². The largest absolute Gasteiger partial charge is 0.497 e. The lowest BCUT2D eigenvalue weighted by atomic mass is 10.1. The number of ether oxygens (including phenoxy) is 2. The number of sulfonamides is 1. The third-order valence-electron chi connectivity index (χ3n) is 4.85. The van der Waals surface area contributed by atoms with Gasteiger partial charge in [0.25, 0.3) is 5.91 Å². The number of carbonyl (C=O) groups is 1. The first-order valence-electron chi connectivity index (χ1n) is 10.1. The minimum Gasteiger partial charge on any atom is -0.497 e. The van der Waals surface area contributed by atoms with Gasteiger partial charge in [-0.1, -0.05) is 29.8 Å². The predicted octanol–water partition coefficient (Wildman–Crippen LogP) is 4.09. The van der Waals surface area contributed by atoms with Gasteiger partial charge in [0.1, 0.15) is 11.5 Å². The SMILES string of the molecule is COc1ccc(OC)c(/C=N/NC(=O)c2ccc(CN(c3cccc(Cl)c3)S(C)(=O)=O)cc2)c1. The molecule has 0 bridgehead atoms. The highest BCUT2D eigenvalue weighted by atomic mass is 35.5. The van der Waals surface area contributed by atoms with Crippen molar-refractivity contribution in [3.05, 3.63) is 88.4 Å². The Morgan fingerprint density at radius 2 is 1.79 bits per heavy atom. The van der Waals surface area contributed by atoms with E-state index in [9.17, 15) is 13.2 Å². The smallest absolute Gasteiger partial charge is 0.271 e. The van der Waals surface area contributed by atoms with Gasteiger partial charge in [-0.15, -0.1) is 0 Å². The third-order valence-corrected chi connectivity index (χ3v) is 6.22. The van der Waals surface area contributed by atoms with Gasteiger partial charge in [-0.05, 0) is 54.1 Å². The molecule has 8 nitrogen and oxygen atoms in total. The molecule has 178 valence electrons. The summed E-state index contributed by atoms with van der Waals surface area (Å²) in [6.45, 7) is 0.0921. The van der Waals surface area contributed by atoms with E-state index in [4.69, 9.17) is 21.1 Å². The van der Waals surface area contributed by atoms with Crippen LogP contribution in [0.25, 0.3) is 0 Å². The van der Waals surface area contributed by atoms with Crippen molar-refractivity contribution >= 4 is 39.4 Å². The number of nitrogens with one attached hydrogen (secondary N) is 1. The van der Waals surface area contributed by atoms with Crippen molar-refractivity contribution in [2.45, 2.75) is 6.54 Å². The van der Waals surface area contributed by atoms with Gasteiger partial charge in [0, 0.05) is 16.1 Å². The Labute approximate surface area is 203 Å². The molecule has 1 N–H and O–H groups in total. The molecule has 3 aromatic carbocycles. The molecule has 3 aromatic rings. The highest BCUT2D eigenvalue weighted by Crippen LogP contribution is 2.24. The van der Waals surface area contributed by atoms with Crippen LogP contribution in [0.4, 0.5) is 5.69 Å². The van der Waals surface area contributed by atoms with Gasteiger partial charge in [-0.3, -0.25) is 9.10 Å². The van der Waals surface area contributed by atoms with E-state index in [0.29, 0.717) is 38.9 Å². The molecule has 34 heavy (non-hydrogen) atoms. The summed E-state index contributed by atoms with van der Waals surface area (Å²) in [4.78, 5) is 12.5. The summed E-state index contributed by atoms with van der Waals surface area (Å²) in [5, 5.41) is 4.43. The zero-order chi connectivity index (χ0) is 24.7. The maximum atomic E-state index is 12.5. The lowest BCUT2D eigenvalue weighted by Crippen LogP contribution is -2.29. The van der Waals surface area contributed by atoms with E-state index in [1.807, 2.05) is 0 Å². The monoisotopic (exact) mass is 501 g/mol. The van der Waals surface area contributed by atoms with Crippen LogP contribution in [0, 0.1) is 0 Å². The maximum absolute atomic E-state index is 12.5. The number of nitrogens with zero attached hydrogens (tertiary/aromatic N) is 2. The summed E-state index contributed by atoms with van der Waals surface area (Å²) in [6.07, 6.45) is 2.59. The number of hydrogen-bond donors (Lipinski definition) is 1. The van der Waals surface area contributed by atoms with Gasteiger partial charge in [-0.25, -0.2) is 13.8 Å². The molecule has 0 aliphatic carbocycles. The fraction of sp³-hybridized carbons (Fsp3) is 0.167. The summed E-state index contributed by atoms with van der Waals surface area (Å²) in [5.74, 6) is 0.794. The molecule has 0 aliphatic rings. The summed E-state index contributed by atoms with van der Waals surface area (Å²) in [6, 6.07) is 18.4. The Morgan fingerprint density at radius 3 is 2.41 bits per heavy atom. The van der Waals surface area contributed by atoms with E-state index < -0.39 is 15.9 Å². The van der Waals surface area contributed by atoms with E-state index in [1.54, 1.807) is 73.8 Å². The first kappa shape index (κ1) is 25.1. The van der Waals surface area contributed by atoms with Crippen LogP contribution >= 0.6 is 11.6 Å². The molecule has 3 rings (SSSR count). The van der Waals surface area contributed by atoms with E-state index in [2.05, 4.69) is 10.5 Å². The van der Waals surface area contributed by atoms with Crippen LogP contribution in [-0.2, 0) is 16.6 Å². The minimum absolute atomic E-state index is 0.0921. The first-order valence-corrected chi connectivity index (χ1v) is 12.3. The molecule has 0 aliphatic heterocycles. The lowest BCUT2D eigenvalue weighted by Gasteiger charge is -2.22. The summed E-state index contributed by atoms with van der Waals surface area (Å²) >= 11 is 6.02. The van der Waals surface area contributed by atoms with E-state index in [-0.39, 0.29) is 6.54 Å². The predicted molar refractivity (Wildman–Crippen MR) is 134 cm³/mol. The Balaban J connectivity index is 1.70. The van der Waals surface area contributed by atoms with Gasteiger partial charge in [0.05, 0.1) is 38.9 Å². The molecular weight excluding hydrogens is 478 g/mol. The molecule has 0 fully saturated rings. The summed E-state index contributed by atoms with van der Waals surface area (Å²) in [5.41, 5.74) is 4.63. The zero-order valence-electron chi connectivity index (χ0n) is 18.9. The quantitative estimate of drug-likeness (QED) is 0.352. The van der Waals surface area contributed by atoms with Crippen LogP contribution < -0.4 is 19.2 Å². The highest BCUT2D eigenvalue weighted by Gasteiger charge is 2.18. The molecule has 0 aromatic heterocycles. The molecule has 0 unspecified atom stereocenters. The standard InChI is InChI=1S/C24H24ClN3O5S/c1-32-22-11-12-23(33-2)19(13-22)15-26-27-24(29)18-9-7-17(8-10-18)16-28(34(3,30)31)21-6-4-5-20(25)14-21/h4-15H,16H2,1-3H3,(H,27,29)/b26-15+. The summed E-state index contributed by atoms with van der Waals surface area (Å²) < 4.78 is 36.4. The van der Waals surface area contributed by atoms with Crippen LogP contribution in [0.3, 0.4) is 0 Å². The van der Waals surface area contributed by atoms with Gasteiger partial charge < -0.3 is 9.47 Å². The Hall–Kier alpha value is -3.56. The van der Waals surface area contributed by atoms with Gasteiger partial charge in [-0.2, -0.15) is 5.10 Å². The van der Waals surface area contributed by atoms with Gasteiger partial charge >= 0.3 is 0 Å². The van der Waals surface area contributed by atoms with E-state index in [0.717, 1.165) is 6.26 Å². The highest BCUT2D eigenvalue weighted by molar-refractivity contribution is 7.92. The average Bonchev–Trinajstić information content (AvgIpc) is 2.82. The number of halogens is 1. The van der Waals surface area contributed by atoms with Gasteiger partial charge in [0.15, 0.2) is 0 Å². The van der Waals surface area contributed by atoms with Gasteiger partial charge in [0.2, 0.25) is 10.0 Å². The number of hydrogen-bond acceptors (Lipinski definition) is 6. The second-order valence-corrected chi connectivity index (χ2v) is 9.60. The molecular formula is C24H24ClN3O5S. The number of benzene rings is 3. The van der Waals surface area contributed by atoms with E-state index in [1.165, 1.54) is 17.6 Å². The van der Waals surface area contributed by atoms with Crippen molar-refractivity contribution in [2.75, 3.05) is 24.8 Å². The summed E-state index contributed by atoms with van der Waals surface area (Å²) in [7, 11) is -0.459. The molecule has 0 heterocycles. The van der Waals surface area contributed by atoms with Crippen LogP contribution in [0.2, 0.25) is 5.02 Å². The maximum Gasteiger partial charge on any atom is 0.271 e. The molecule has 1 amide bonds. The van der Waals surface area contributed by atoms with Crippen LogP contribution in [0.1, 0.15) is 21.5 Å². The molecule has 0 saturated heterocycles. The Kier molecular flexibility index (Phi) is 8.14. The zero-order valence-corrected chi connectivity index (χ0v) is 20.4. The number of anilines is 1. The third kappa shape index (κ3) is 6.49. The fourth-order valence-electron chi connectivity index (χ4n) is 3.12. The second kappa shape index (κ2) is 11.0. The van der Waals surface area contributed by atoms with Crippen molar-refractivity contribution in [2.24, 2.45) is 5.10 Å². The number of carbonyl (C=O) groups excluding carboxylic acids is 1. The van der Waals surface area contributed by atoms with Crippen molar-refractivity contribution in [1.82, 2.24) is 5.43 Å². The van der Waals surface area contributed by atoms with Crippen LogP contribution in [0.5, 0.6) is 11.5 Å². The first-order chi connectivity index (χ1) is 16.2. The molecule has 0 saturated carbocycles. The average molecular weight is 502 g/mol. The van der Waals surface area contributed by atoms with Crippen molar-refractivity contribution in [3.63, 3.8) is 0 Å². The molecule has 0 atom stereocenters. The fourth-order valence-corrected chi connectivity index (χ4v) is 4.19. The minimum atomic E-state index is -3.55. The number of methoxy groups -OCH3 is 2. The van der Waals surface area contributed by atoms with Crippen LogP contribution in [-0.4, -0.2) is 41.0 Å². The second-order valence-electron chi connectivity index (χ2n) is 7.25. The molecule has 0 spiro atoms. The number of amides is 1. The van der Waals surface area contributed by atoms with Crippen molar-refractivity contribution < 1.29 is 22.7 Å². The van der Waals surface area contributed by atoms with Crippen molar-refractivity contribution in [1.29, 1.82) is 0 Å².